The van der Waals surface area contributed by atoms with Crippen molar-refractivity contribution in [2.24, 2.45) is 17.8 Å². The molecule has 1 aromatic rings. The first-order valence-corrected chi connectivity index (χ1v) is 11.7. The molecule has 0 spiro atoms. The number of hydrogen-bond acceptors (Lipinski definition) is 2. The highest BCUT2D eigenvalue weighted by atomic mass is 19.1. The van der Waals surface area contributed by atoms with Gasteiger partial charge >= 0.3 is 0 Å². The molecule has 0 aromatic heterocycles. The van der Waals surface area contributed by atoms with Crippen molar-refractivity contribution in [1.82, 2.24) is 0 Å². The zero-order chi connectivity index (χ0) is 19.6. The molecule has 1 aliphatic carbocycles. The molecule has 1 aromatic carbocycles. The van der Waals surface area contributed by atoms with Crippen LogP contribution in [-0.4, -0.2) is 13.2 Å². The number of halogens is 1. The normalized spacial score (nSPS) is 28.4. The second-order valence-electron chi connectivity index (χ2n) is 9.08. The number of ether oxygens (including phenoxy) is 2. The quantitative estimate of drug-likeness (QED) is 0.387. The van der Waals surface area contributed by atoms with Gasteiger partial charge in [-0.2, -0.15) is 0 Å². The Morgan fingerprint density at radius 2 is 1.32 bits per heavy atom. The molecule has 158 valence electrons. The monoisotopic (exact) mass is 390 g/mol. The fourth-order valence-electron chi connectivity index (χ4n) is 4.84. The van der Waals surface area contributed by atoms with E-state index in [4.69, 9.17) is 9.47 Å². The fourth-order valence-corrected chi connectivity index (χ4v) is 4.84. The minimum atomic E-state index is -0.329. The second kappa shape index (κ2) is 11.9. The Bertz CT molecular complexity index is 528. The Hall–Kier alpha value is -0.930. The van der Waals surface area contributed by atoms with E-state index in [1.54, 1.807) is 12.1 Å². The van der Waals surface area contributed by atoms with Crippen LogP contribution < -0.4 is 0 Å². The molecule has 2 nitrogen and oxygen atoms in total. The first-order chi connectivity index (χ1) is 13.7. The lowest BCUT2D eigenvalue weighted by Crippen LogP contribution is -2.28. The van der Waals surface area contributed by atoms with Gasteiger partial charge in [0.2, 0.25) is 0 Å². The Kier molecular flexibility index (Phi) is 9.27. The minimum Gasteiger partial charge on any atom is -0.348 e. The van der Waals surface area contributed by atoms with Crippen molar-refractivity contribution in [2.45, 2.75) is 90.3 Å². The molecule has 0 amide bonds. The van der Waals surface area contributed by atoms with Gasteiger partial charge < -0.3 is 9.47 Å². The summed E-state index contributed by atoms with van der Waals surface area (Å²) >= 11 is 0. The lowest BCUT2D eigenvalue weighted by Gasteiger charge is -2.32. The maximum atomic E-state index is 13.0. The maximum absolute atomic E-state index is 13.0. The van der Waals surface area contributed by atoms with Crippen LogP contribution >= 0.6 is 0 Å². The van der Waals surface area contributed by atoms with Crippen LogP contribution in [0.4, 0.5) is 4.39 Å². The summed E-state index contributed by atoms with van der Waals surface area (Å²) in [5.41, 5.74) is 0.910. The van der Waals surface area contributed by atoms with Crippen molar-refractivity contribution in [3.05, 3.63) is 35.6 Å². The van der Waals surface area contributed by atoms with E-state index < -0.39 is 0 Å². The average molecular weight is 391 g/mol. The largest absolute Gasteiger partial charge is 0.348 e. The predicted octanol–water partition coefficient (Wildman–Crippen LogP) is 7.43. The smallest absolute Gasteiger partial charge is 0.183 e. The average Bonchev–Trinajstić information content (AvgIpc) is 2.74. The molecule has 0 unspecified atom stereocenters. The van der Waals surface area contributed by atoms with Gasteiger partial charge in [-0.15, -0.1) is 0 Å². The summed E-state index contributed by atoms with van der Waals surface area (Å²) in [5.74, 6) is 2.19. The summed E-state index contributed by atoms with van der Waals surface area (Å²) in [7, 11) is 0. The van der Waals surface area contributed by atoms with Crippen molar-refractivity contribution in [1.29, 1.82) is 0 Å². The Balaban J connectivity index is 1.26. The van der Waals surface area contributed by atoms with Crippen molar-refractivity contribution < 1.29 is 13.9 Å². The molecule has 0 atom stereocenters. The Morgan fingerprint density at radius 3 is 1.96 bits per heavy atom. The molecule has 1 aliphatic heterocycles. The van der Waals surface area contributed by atoms with E-state index in [1.165, 1.54) is 89.2 Å². The molecule has 2 aliphatic rings. The molecule has 3 rings (SSSR count). The molecule has 0 bridgehead atoms. The third-order valence-electron chi connectivity index (χ3n) is 6.77. The number of unbranched alkanes of at least 4 members (excludes halogenated alkanes) is 4. The number of benzene rings is 1. The zero-order valence-corrected chi connectivity index (χ0v) is 17.7. The van der Waals surface area contributed by atoms with Gasteiger partial charge in [0, 0.05) is 11.5 Å². The molecule has 2 fully saturated rings. The van der Waals surface area contributed by atoms with Crippen LogP contribution in [0.15, 0.2) is 24.3 Å². The van der Waals surface area contributed by atoms with Crippen LogP contribution in [0, 0.1) is 23.6 Å². The van der Waals surface area contributed by atoms with Gasteiger partial charge in [0.1, 0.15) is 5.82 Å². The summed E-state index contributed by atoms with van der Waals surface area (Å²) in [4.78, 5) is 0. The van der Waals surface area contributed by atoms with E-state index in [9.17, 15) is 4.39 Å². The minimum absolute atomic E-state index is 0.219. The molecule has 28 heavy (non-hydrogen) atoms. The van der Waals surface area contributed by atoms with Gasteiger partial charge in [0.15, 0.2) is 6.29 Å². The van der Waals surface area contributed by atoms with Gasteiger partial charge in [-0.1, -0.05) is 89.7 Å². The highest BCUT2D eigenvalue weighted by Gasteiger charge is 2.26. The van der Waals surface area contributed by atoms with Gasteiger partial charge in [0.25, 0.3) is 0 Å². The van der Waals surface area contributed by atoms with Crippen molar-refractivity contribution >= 4 is 0 Å². The van der Waals surface area contributed by atoms with E-state index in [1.807, 2.05) is 0 Å². The van der Waals surface area contributed by atoms with Gasteiger partial charge in [-0.3, -0.25) is 0 Å². The summed E-state index contributed by atoms with van der Waals surface area (Å²) in [6, 6.07) is 6.44. The number of hydrogen-bond donors (Lipinski definition) is 0. The SMILES string of the molecule is CCCCCCCC1CCC(CCC2COC(c3ccc(F)cc3)OC2)CC1. The Labute approximate surface area is 171 Å². The third kappa shape index (κ3) is 7.15. The predicted molar refractivity (Wildman–Crippen MR) is 113 cm³/mol. The van der Waals surface area contributed by atoms with Gasteiger partial charge in [-0.05, 0) is 30.4 Å². The van der Waals surface area contributed by atoms with E-state index in [2.05, 4.69) is 6.92 Å². The van der Waals surface area contributed by atoms with Crippen molar-refractivity contribution in [2.75, 3.05) is 13.2 Å². The zero-order valence-electron chi connectivity index (χ0n) is 17.7. The lowest BCUT2D eigenvalue weighted by atomic mass is 9.77. The van der Waals surface area contributed by atoms with Gasteiger partial charge in [-0.25, -0.2) is 4.39 Å². The first-order valence-electron chi connectivity index (χ1n) is 11.7. The fraction of sp³-hybridized carbons (Fsp3) is 0.760. The van der Waals surface area contributed by atoms with Crippen LogP contribution in [0.2, 0.25) is 0 Å². The molecular formula is C25H39FO2. The summed E-state index contributed by atoms with van der Waals surface area (Å²) < 4.78 is 24.8. The second-order valence-corrected chi connectivity index (χ2v) is 9.08. The van der Waals surface area contributed by atoms with E-state index >= 15 is 0 Å². The molecule has 1 saturated heterocycles. The molecular weight excluding hydrogens is 351 g/mol. The van der Waals surface area contributed by atoms with Crippen LogP contribution in [0.5, 0.6) is 0 Å². The molecule has 0 N–H and O–H groups in total. The maximum Gasteiger partial charge on any atom is 0.183 e. The Morgan fingerprint density at radius 1 is 0.750 bits per heavy atom. The molecule has 3 heteroatoms. The van der Waals surface area contributed by atoms with E-state index in [-0.39, 0.29) is 12.1 Å². The number of rotatable bonds is 10. The molecule has 1 heterocycles. The van der Waals surface area contributed by atoms with E-state index in [0.717, 1.165) is 30.6 Å². The summed E-state index contributed by atoms with van der Waals surface area (Å²) in [6.45, 7) is 3.81. The van der Waals surface area contributed by atoms with Crippen LogP contribution in [0.3, 0.4) is 0 Å². The van der Waals surface area contributed by atoms with E-state index in [0.29, 0.717) is 5.92 Å². The third-order valence-corrected chi connectivity index (χ3v) is 6.77. The molecule has 0 radical (unpaired) electrons. The van der Waals surface area contributed by atoms with Crippen LogP contribution in [0.25, 0.3) is 0 Å². The first kappa shape index (κ1) is 21.8. The summed E-state index contributed by atoms with van der Waals surface area (Å²) in [6.07, 6.45) is 16.5. The van der Waals surface area contributed by atoms with Gasteiger partial charge in [0.05, 0.1) is 13.2 Å². The summed E-state index contributed by atoms with van der Waals surface area (Å²) in [5, 5.41) is 0. The molecule has 1 saturated carbocycles. The van der Waals surface area contributed by atoms with Crippen LogP contribution in [-0.2, 0) is 9.47 Å². The topological polar surface area (TPSA) is 18.5 Å². The standard InChI is InChI=1S/C25H39FO2/c1-2-3-4-5-6-7-20-8-10-21(11-9-20)12-13-22-18-27-25(28-19-22)23-14-16-24(26)17-15-23/h14-17,20-22,25H,2-13,18-19H2,1H3. The van der Waals surface area contributed by atoms with Crippen molar-refractivity contribution in [3.63, 3.8) is 0 Å². The highest BCUT2D eigenvalue weighted by Crippen LogP contribution is 2.36. The lowest BCUT2D eigenvalue weighted by molar-refractivity contribution is -0.206. The highest BCUT2D eigenvalue weighted by molar-refractivity contribution is 5.17. The van der Waals surface area contributed by atoms with Crippen molar-refractivity contribution in [3.8, 4) is 0 Å². The van der Waals surface area contributed by atoms with Crippen LogP contribution in [0.1, 0.15) is 95.8 Å².